The van der Waals surface area contributed by atoms with E-state index in [1.807, 2.05) is 18.2 Å². The highest BCUT2D eigenvalue weighted by Crippen LogP contribution is 2.51. The number of hydrogen-bond acceptors (Lipinski definition) is 2. The molecule has 0 radical (unpaired) electrons. The summed E-state index contributed by atoms with van der Waals surface area (Å²) in [6.45, 7) is 0. The molecular weight excluding hydrogens is 212 g/mol. The summed E-state index contributed by atoms with van der Waals surface area (Å²) < 4.78 is 0. The largest absolute Gasteiger partial charge is 0.392 e. The molecular formula is C14H16N2O. The van der Waals surface area contributed by atoms with Crippen molar-refractivity contribution in [1.82, 2.24) is 9.97 Å². The van der Waals surface area contributed by atoms with E-state index in [0.29, 0.717) is 6.42 Å². The van der Waals surface area contributed by atoms with Gasteiger partial charge in [0.2, 0.25) is 0 Å². The maximum Gasteiger partial charge on any atom is 0.108 e. The van der Waals surface area contributed by atoms with Crippen LogP contribution in [0.2, 0.25) is 0 Å². The average molecular weight is 228 g/mol. The van der Waals surface area contributed by atoms with Crippen molar-refractivity contribution >= 4 is 0 Å². The van der Waals surface area contributed by atoms with Crippen molar-refractivity contribution in [3.05, 3.63) is 54.1 Å². The Morgan fingerprint density at radius 1 is 1.29 bits per heavy atom. The molecule has 0 spiro atoms. The summed E-state index contributed by atoms with van der Waals surface area (Å²) in [7, 11) is 0. The van der Waals surface area contributed by atoms with E-state index in [1.54, 1.807) is 12.4 Å². The summed E-state index contributed by atoms with van der Waals surface area (Å²) in [6, 6.07) is 10.3. The van der Waals surface area contributed by atoms with Gasteiger partial charge in [-0.1, -0.05) is 30.3 Å². The molecule has 3 heteroatoms. The van der Waals surface area contributed by atoms with Gasteiger partial charge in [-0.2, -0.15) is 0 Å². The molecule has 1 saturated carbocycles. The molecule has 0 saturated heterocycles. The number of nitrogens with zero attached hydrogens (tertiary/aromatic N) is 1. The van der Waals surface area contributed by atoms with Crippen LogP contribution in [0.1, 0.15) is 24.2 Å². The quantitative estimate of drug-likeness (QED) is 0.841. The molecule has 0 amide bonds. The van der Waals surface area contributed by atoms with Crippen LogP contribution in [0.4, 0.5) is 0 Å². The molecule has 1 unspecified atom stereocenters. The van der Waals surface area contributed by atoms with Crippen molar-refractivity contribution in [1.29, 1.82) is 0 Å². The first-order valence-electron chi connectivity index (χ1n) is 6.03. The zero-order valence-electron chi connectivity index (χ0n) is 9.63. The van der Waals surface area contributed by atoms with Crippen LogP contribution in [0.15, 0.2) is 42.7 Å². The van der Waals surface area contributed by atoms with Crippen LogP contribution in [-0.4, -0.2) is 21.2 Å². The summed E-state index contributed by atoms with van der Waals surface area (Å²) >= 11 is 0. The molecule has 17 heavy (non-hydrogen) atoms. The smallest absolute Gasteiger partial charge is 0.108 e. The van der Waals surface area contributed by atoms with Crippen molar-refractivity contribution < 1.29 is 5.11 Å². The van der Waals surface area contributed by atoms with E-state index in [2.05, 4.69) is 22.1 Å². The molecule has 0 aliphatic heterocycles. The number of aliphatic hydroxyl groups excluding tert-OH is 1. The van der Waals surface area contributed by atoms with Crippen LogP contribution in [0, 0.1) is 0 Å². The Kier molecular flexibility index (Phi) is 2.48. The third-order valence-corrected chi connectivity index (χ3v) is 3.72. The first-order valence-corrected chi connectivity index (χ1v) is 6.03. The number of aliphatic hydroxyl groups is 1. The van der Waals surface area contributed by atoms with Gasteiger partial charge in [0.05, 0.1) is 6.10 Å². The minimum absolute atomic E-state index is 0.0337. The highest BCUT2D eigenvalue weighted by Gasteiger charge is 2.50. The van der Waals surface area contributed by atoms with Crippen LogP contribution >= 0.6 is 0 Å². The van der Waals surface area contributed by atoms with E-state index in [4.69, 9.17) is 0 Å². The lowest BCUT2D eigenvalue weighted by atomic mass is 9.88. The average Bonchev–Trinajstić information content (AvgIpc) is 3.04. The molecule has 1 heterocycles. The highest BCUT2D eigenvalue weighted by atomic mass is 16.3. The molecule has 3 nitrogen and oxygen atoms in total. The molecule has 2 N–H and O–H groups in total. The Labute approximate surface area is 101 Å². The van der Waals surface area contributed by atoms with Crippen molar-refractivity contribution in [2.75, 3.05) is 0 Å². The Morgan fingerprint density at radius 2 is 2.06 bits per heavy atom. The van der Waals surface area contributed by atoms with Crippen molar-refractivity contribution in [3.8, 4) is 0 Å². The molecule has 3 rings (SSSR count). The Hall–Kier alpha value is -1.61. The van der Waals surface area contributed by atoms with Crippen molar-refractivity contribution in [2.24, 2.45) is 0 Å². The molecule has 88 valence electrons. The molecule has 0 bridgehead atoms. The van der Waals surface area contributed by atoms with Crippen LogP contribution in [0.5, 0.6) is 0 Å². The molecule has 1 aliphatic carbocycles. The summed E-state index contributed by atoms with van der Waals surface area (Å²) in [5.74, 6) is 0.861. The number of imidazole rings is 1. The summed E-state index contributed by atoms with van der Waals surface area (Å²) in [5.41, 5.74) is 1.22. The number of aromatic amines is 1. The minimum Gasteiger partial charge on any atom is -0.392 e. The van der Waals surface area contributed by atoms with Gasteiger partial charge in [0.1, 0.15) is 5.82 Å². The van der Waals surface area contributed by atoms with Crippen LogP contribution in [-0.2, 0) is 11.8 Å². The normalized spacial score (nSPS) is 18.9. The van der Waals surface area contributed by atoms with Crippen molar-refractivity contribution in [2.45, 2.75) is 30.8 Å². The van der Waals surface area contributed by atoms with Gasteiger partial charge in [0.15, 0.2) is 0 Å². The zero-order chi connectivity index (χ0) is 11.7. The van der Waals surface area contributed by atoms with Crippen LogP contribution in [0.25, 0.3) is 0 Å². The fraction of sp³-hybridized carbons (Fsp3) is 0.357. The Balaban J connectivity index is 1.80. The van der Waals surface area contributed by atoms with E-state index in [9.17, 15) is 5.11 Å². The second kappa shape index (κ2) is 4.00. The van der Waals surface area contributed by atoms with Gasteiger partial charge in [0.25, 0.3) is 0 Å². The molecule has 1 fully saturated rings. The number of benzene rings is 1. The predicted molar refractivity (Wildman–Crippen MR) is 65.7 cm³/mol. The number of aromatic nitrogens is 2. The molecule has 1 atom stereocenters. The van der Waals surface area contributed by atoms with Crippen LogP contribution < -0.4 is 0 Å². The predicted octanol–water partition coefficient (Wildman–Crippen LogP) is 2.04. The first kappa shape index (κ1) is 10.5. The van der Waals surface area contributed by atoms with Gasteiger partial charge < -0.3 is 10.1 Å². The Morgan fingerprint density at radius 3 is 2.65 bits per heavy atom. The third kappa shape index (κ3) is 1.87. The van der Waals surface area contributed by atoms with Crippen LogP contribution in [0.3, 0.4) is 0 Å². The van der Waals surface area contributed by atoms with E-state index in [1.165, 1.54) is 5.56 Å². The lowest BCUT2D eigenvalue weighted by Crippen LogP contribution is -2.28. The molecule has 2 aromatic rings. The second-order valence-corrected chi connectivity index (χ2v) is 4.78. The Bertz CT molecular complexity index is 474. The van der Waals surface area contributed by atoms with E-state index in [-0.39, 0.29) is 11.5 Å². The van der Waals surface area contributed by atoms with Gasteiger partial charge >= 0.3 is 0 Å². The number of nitrogens with one attached hydrogen (secondary N) is 1. The lowest BCUT2D eigenvalue weighted by molar-refractivity contribution is 0.129. The summed E-state index contributed by atoms with van der Waals surface area (Å²) in [4.78, 5) is 7.22. The maximum absolute atomic E-state index is 10.4. The van der Waals surface area contributed by atoms with E-state index in [0.717, 1.165) is 18.7 Å². The first-order chi connectivity index (χ1) is 8.31. The van der Waals surface area contributed by atoms with Gasteiger partial charge in [-0.3, -0.25) is 0 Å². The van der Waals surface area contributed by atoms with Gasteiger partial charge in [-0.05, 0) is 18.4 Å². The summed E-state index contributed by atoms with van der Waals surface area (Å²) in [5, 5.41) is 10.4. The molecule has 1 aromatic heterocycles. The zero-order valence-corrected chi connectivity index (χ0v) is 9.63. The monoisotopic (exact) mass is 228 g/mol. The number of H-pyrrole nitrogens is 1. The van der Waals surface area contributed by atoms with E-state index >= 15 is 0 Å². The second-order valence-electron chi connectivity index (χ2n) is 4.78. The van der Waals surface area contributed by atoms with Gasteiger partial charge in [0, 0.05) is 24.2 Å². The topological polar surface area (TPSA) is 48.9 Å². The third-order valence-electron chi connectivity index (χ3n) is 3.72. The number of hydrogen-bond donors (Lipinski definition) is 2. The fourth-order valence-electron chi connectivity index (χ4n) is 2.51. The summed E-state index contributed by atoms with van der Waals surface area (Å²) in [6.07, 6.45) is 5.91. The molecule has 1 aliphatic rings. The molecule has 1 aromatic carbocycles. The highest BCUT2D eigenvalue weighted by molar-refractivity contribution is 5.33. The SMILES string of the molecule is OC(Cc1ncc[nH]1)C1(c2ccccc2)CC1. The van der Waals surface area contributed by atoms with Crippen molar-refractivity contribution in [3.63, 3.8) is 0 Å². The fourth-order valence-corrected chi connectivity index (χ4v) is 2.51. The van der Waals surface area contributed by atoms with E-state index < -0.39 is 0 Å². The standard InChI is InChI=1S/C14H16N2O/c17-12(10-13-15-8-9-16-13)14(6-7-14)11-4-2-1-3-5-11/h1-5,8-9,12,17H,6-7,10H2,(H,15,16). The maximum atomic E-state index is 10.4. The van der Waals surface area contributed by atoms with Gasteiger partial charge in [-0.25, -0.2) is 4.98 Å². The number of rotatable bonds is 4. The van der Waals surface area contributed by atoms with Gasteiger partial charge in [-0.15, -0.1) is 0 Å². The minimum atomic E-state index is -0.351. The lowest BCUT2D eigenvalue weighted by Gasteiger charge is -2.22.